The van der Waals surface area contributed by atoms with Crippen LogP contribution in [0.2, 0.25) is 0 Å². The molecule has 0 saturated heterocycles. The zero-order chi connectivity index (χ0) is 14.4. The number of rotatable bonds is 7. The highest BCUT2D eigenvalue weighted by molar-refractivity contribution is 7.98. The fourth-order valence-electron chi connectivity index (χ4n) is 1.53. The summed E-state index contributed by atoms with van der Waals surface area (Å²) >= 11 is 1.62. The maximum Gasteiger partial charge on any atom is 0.320 e. The smallest absolute Gasteiger partial charge is 0.320 e. The van der Waals surface area contributed by atoms with Gasteiger partial charge in [0.2, 0.25) is 5.91 Å². The van der Waals surface area contributed by atoms with Crippen molar-refractivity contribution in [3.05, 3.63) is 34.9 Å². The maximum absolute atomic E-state index is 11.0. The average molecular weight is 282 g/mol. The van der Waals surface area contributed by atoms with Crippen LogP contribution in [0.5, 0.6) is 0 Å². The monoisotopic (exact) mass is 282 g/mol. The lowest BCUT2D eigenvalue weighted by atomic mass is 10.1. The molecule has 1 aromatic carbocycles. The van der Waals surface area contributed by atoms with Crippen LogP contribution in [0.3, 0.4) is 0 Å². The van der Waals surface area contributed by atoms with Crippen LogP contribution in [0.15, 0.2) is 18.2 Å². The highest BCUT2D eigenvalue weighted by Crippen LogP contribution is 2.18. The molecule has 0 fully saturated rings. The van der Waals surface area contributed by atoms with Crippen molar-refractivity contribution in [2.45, 2.75) is 25.1 Å². The summed E-state index contributed by atoms with van der Waals surface area (Å²) in [6.07, 6.45) is 0.443. The molecule has 0 aliphatic carbocycles. The summed E-state index contributed by atoms with van der Waals surface area (Å²) in [5.74, 6) is 0.0409. The van der Waals surface area contributed by atoms with Crippen molar-refractivity contribution in [1.29, 1.82) is 0 Å². The van der Waals surface area contributed by atoms with Crippen molar-refractivity contribution < 1.29 is 14.7 Å². The molecule has 5 N–H and O–H groups in total. The Morgan fingerprint density at radius 3 is 2.63 bits per heavy atom. The van der Waals surface area contributed by atoms with Crippen LogP contribution in [-0.4, -0.2) is 28.8 Å². The number of thioether (sulfide) groups is 1. The van der Waals surface area contributed by atoms with Gasteiger partial charge in [-0.25, -0.2) is 0 Å². The second-order valence-corrected chi connectivity index (χ2v) is 5.40. The molecule has 0 aromatic heterocycles. The Morgan fingerprint density at radius 2 is 2.11 bits per heavy atom. The lowest BCUT2D eigenvalue weighted by molar-refractivity contribution is -0.138. The van der Waals surface area contributed by atoms with E-state index in [1.165, 1.54) is 0 Å². The molecule has 0 aliphatic rings. The summed E-state index contributed by atoms with van der Waals surface area (Å²) < 4.78 is 0. The lowest BCUT2D eigenvalue weighted by Gasteiger charge is -2.08. The second kappa shape index (κ2) is 7.16. The van der Waals surface area contributed by atoms with E-state index in [0.717, 1.165) is 16.9 Å². The number of amides is 1. The number of aliphatic carboxylic acids is 1. The molecule has 1 atom stereocenters. The fraction of sp³-hybridized carbons (Fsp3) is 0.385. The third-order valence-corrected chi connectivity index (χ3v) is 3.81. The van der Waals surface area contributed by atoms with Gasteiger partial charge in [0.1, 0.15) is 6.04 Å². The number of primary amides is 1. The van der Waals surface area contributed by atoms with E-state index in [-0.39, 0.29) is 0 Å². The van der Waals surface area contributed by atoms with E-state index in [1.54, 1.807) is 23.9 Å². The molecule has 0 saturated carbocycles. The molecular weight excluding hydrogens is 264 g/mol. The van der Waals surface area contributed by atoms with Gasteiger partial charge in [0.15, 0.2) is 0 Å². The lowest BCUT2D eigenvalue weighted by Crippen LogP contribution is -2.30. The van der Waals surface area contributed by atoms with Gasteiger partial charge >= 0.3 is 5.97 Å². The topological polar surface area (TPSA) is 106 Å². The normalized spacial score (nSPS) is 12.1. The van der Waals surface area contributed by atoms with Gasteiger partial charge in [-0.15, -0.1) is 0 Å². The summed E-state index contributed by atoms with van der Waals surface area (Å²) in [5, 5.41) is 8.65. The standard InChI is InChI=1S/C13H18N2O3S/c1-8-6-9(12(15)16)2-3-10(8)7-19-5-4-11(14)13(17)18/h2-3,6,11H,4-5,7,14H2,1H3,(H2,15,16)(H,17,18). The van der Waals surface area contributed by atoms with E-state index < -0.39 is 17.9 Å². The summed E-state index contributed by atoms with van der Waals surface area (Å²) in [6.45, 7) is 1.92. The number of hydrogen-bond donors (Lipinski definition) is 3. The highest BCUT2D eigenvalue weighted by atomic mass is 32.2. The minimum Gasteiger partial charge on any atom is -0.480 e. The SMILES string of the molecule is Cc1cc(C(N)=O)ccc1CSCCC(N)C(=O)O. The first-order chi connectivity index (χ1) is 8.91. The van der Waals surface area contributed by atoms with Gasteiger partial charge in [-0.3, -0.25) is 9.59 Å². The predicted octanol–water partition coefficient (Wildman–Crippen LogP) is 1.13. The van der Waals surface area contributed by atoms with Crippen LogP contribution < -0.4 is 11.5 Å². The van der Waals surface area contributed by atoms with Gasteiger partial charge in [-0.2, -0.15) is 11.8 Å². The van der Waals surface area contributed by atoms with Crippen LogP contribution in [0.25, 0.3) is 0 Å². The van der Waals surface area contributed by atoms with Crippen molar-refractivity contribution in [3.8, 4) is 0 Å². The van der Waals surface area contributed by atoms with Crippen LogP contribution in [-0.2, 0) is 10.5 Å². The number of carboxylic acids is 1. The second-order valence-electron chi connectivity index (χ2n) is 4.29. The summed E-state index contributed by atoms with van der Waals surface area (Å²) in [4.78, 5) is 21.6. The molecule has 1 aromatic rings. The van der Waals surface area contributed by atoms with Crippen molar-refractivity contribution in [2.24, 2.45) is 11.5 Å². The van der Waals surface area contributed by atoms with Crippen LogP contribution >= 0.6 is 11.8 Å². The Morgan fingerprint density at radius 1 is 1.42 bits per heavy atom. The fourth-order valence-corrected chi connectivity index (χ4v) is 2.64. The van der Waals surface area contributed by atoms with Crippen molar-refractivity contribution >= 4 is 23.6 Å². The molecule has 0 spiro atoms. The Kier molecular flexibility index (Phi) is 5.85. The molecule has 1 unspecified atom stereocenters. The molecule has 0 bridgehead atoms. The van der Waals surface area contributed by atoms with Gasteiger partial charge in [0, 0.05) is 11.3 Å². The highest BCUT2D eigenvalue weighted by Gasteiger charge is 2.10. The van der Waals surface area contributed by atoms with Crippen LogP contribution in [0, 0.1) is 6.92 Å². The Hall–Kier alpha value is -1.53. The molecule has 5 nitrogen and oxygen atoms in total. The number of hydrogen-bond acceptors (Lipinski definition) is 4. The Balaban J connectivity index is 2.46. The van der Waals surface area contributed by atoms with E-state index in [0.29, 0.717) is 17.7 Å². The molecule has 0 radical (unpaired) electrons. The zero-order valence-corrected chi connectivity index (χ0v) is 11.6. The zero-order valence-electron chi connectivity index (χ0n) is 10.8. The first-order valence-electron chi connectivity index (χ1n) is 5.87. The van der Waals surface area contributed by atoms with Crippen molar-refractivity contribution in [1.82, 2.24) is 0 Å². The summed E-state index contributed by atoms with van der Waals surface area (Å²) in [7, 11) is 0. The van der Waals surface area contributed by atoms with Gasteiger partial charge in [0.05, 0.1) is 0 Å². The van der Waals surface area contributed by atoms with E-state index in [1.807, 2.05) is 13.0 Å². The molecule has 19 heavy (non-hydrogen) atoms. The molecule has 1 rings (SSSR count). The number of carbonyl (C=O) groups is 2. The van der Waals surface area contributed by atoms with Gasteiger partial charge in [0.25, 0.3) is 0 Å². The number of aryl methyl sites for hydroxylation is 1. The molecule has 6 heteroatoms. The summed E-state index contributed by atoms with van der Waals surface area (Å²) in [6, 6.07) is 4.54. The summed E-state index contributed by atoms with van der Waals surface area (Å²) in [5.41, 5.74) is 13.2. The first-order valence-corrected chi connectivity index (χ1v) is 7.02. The largest absolute Gasteiger partial charge is 0.480 e. The van der Waals surface area contributed by atoms with Crippen LogP contribution in [0.1, 0.15) is 27.9 Å². The van der Waals surface area contributed by atoms with E-state index in [9.17, 15) is 9.59 Å². The third kappa shape index (κ3) is 4.92. The Bertz CT molecular complexity index is 477. The van der Waals surface area contributed by atoms with E-state index in [2.05, 4.69) is 0 Å². The number of carboxylic acid groups (broad SMARTS) is 1. The number of carbonyl (C=O) groups excluding carboxylic acids is 1. The minimum absolute atomic E-state index is 0.435. The number of benzene rings is 1. The molecule has 0 heterocycles. The minimum atomic E-state index is -0.970. The van der Waals surface area contributed by atoms with E-state index in [4.69, 9.17) is 16.6 Å². The number of nitrogens with two attached hydrogens (primary N) is 2. The van der Waals surface area contributed by atoms with E-state index >= 15 is 0 Å². The van der Waals surface area contributed by atoms with Gasteiger partial charge in [-0.05, 0) is 42.4 Å². The van der Waals surface area contributed by atoms with Crippen molar-refractivity contribution in [2.75, 3.05) is 5.75 Å². The predicted molar refractivity (Wildman–Crippen MR) is 76.1 cm³/mol. The molecule has 0 aliphatic heterocycles. The first kappa shape index (κ1) is 15.5. The molecule has 104 valence electrons. The third-order valence-electron chi connectivity index (χ3n) is 2.78. The quantitative estimate of drug-likeness (QED) is 0.650. The maximum atomic E-state index is 11.0. The molecular formula is C13H18N2O3S. The van der Waals surface area contributed by atoms with Gasteiger partial charge in [-0.1, -0.05) is 6.07 Å². The Labute approximate surface area is 116 Å². The van der Waals surface area contributed by atoms with Gasteiger partial charge < -0.3 is 16.6 Å². The average Bonchev–Trinajstić information content (AvgIpc) is 2.35. The molecule has 1 amide bonds. The van der Waals surface area contributed by atoms with Crippen molar-refractivity contribution in [3.63, 3.8) is 0 Å². The van der Waals surface area contributed by atoms with Crippen LogP contribution in [0.4, 0.5) is 0 Å².